The number of ether oxygens (including phenoxy) is 1. The molecule has 1 aromatic heterocycles. The van der Waals surface area contributed by atoms with Crippen LogP contribution in [0.25, 0.3) is 0 Å². The van der Waals surface area contributed by atoms with Gasteiger partial charge in [0.2, 0.25) is 0 Å². The van der Waals surface area contributed by atoms with Gasteiger partial charge in [0.05, 0.1) is 24.4 Å². The third-order valence-corrected chi connectivity index (χ3v) is 4.25. The monoisotopic (exact) mass is 516 g/mol. The topological polar surface area (TPSA) is 91.9 Å². The molecule has 8 heteroatoms. The number of benzene rings is 1. The fraction of sp³-hybridized carbons (Fsp3) is 0.524. The summed E-state index contributed by atoms with van der Waals surface area (Å²) in [7, 11) is 0. The van der Waals surface area contributed by atoms with Crippen molar-refractivity contribution in [1.82, 2.24) is 15.8 Å². The Morgan fingerprint density at radius 2 is 1.90 bits per heavy atom. The van der Waals surface area contributed by atoms with Gasteiger partial charge < -0.3 is 25.0 Å². The Kier molecular flexibility index (Phi) is 11.0. The first-order chi connectivity index (χ1) is 13.4. The minimum atomic E-state index is -0.675. The predicted molar refractivity (Wildman–Crippen MR) is 126 cm³/mol. The maximum absolute atomic E-state index is 10.4. The van der Waals surface area contributed by atoms with Crippen molar-refractivity contribution in [2.45, 2.75) is 53.2 Å². The van der Waals surface area contributed by atoms with Crippen LogP contribution >= 0.6 is 24.0 Å². The normalized spacial score (nSPS) is 12.4. The summed E-state index contributed by atoms with van der Waals surface area (Å²) in [4.78, 5) is 4.50. The summed E-state index contributed by atoms with van der Waals surface area (Å²) in [5.41, 5.74) is 2.85. The molecular weight excluding hydrogens is 483 g/mol. The first kappa shape index (κ1) is 25.2. The van der Waals surface area contributed by atoms with E-state index < -0.39 is 6.10 Å². The van der Waals surface area contributed by atoms with Crippen LogP contribution < -0.4 is 15.4 Å². The molecular formula is C21H33IN4O3. The van der Waals surface area contributed by atoms with Gasteiger partial charge in [0.1, 0.15) is 11.5 Å². The molecule has 0 radical (unpaired) electrons. The first-order valence-electron chi connectivity index (χ1n) is 9.79. The standard InChI is InChI=1S/C21H32N4O3.HI/c1-6-22-21(23-12-11-19-15(4)25-28-16(19)5)24-13-20(26)17-7-9-18(10-8-17)27-14(2)3;/h7-10,14,20,26H,6,11-13H2,1-5H3,(H2,22,23,24);1H. The molecule has 1 atom stereocenters. The number of aliphatic hydroxyl groups is 1. The highest BCUT2D eigenvalue weighted by Gasteiger charge is 2.10. The first-order valence-corrected chi connectivity index (χ1v) is 9.79. The summed E-state index contributed by atoms with van der Waals surface area (Å²) < 4.78 is 10.8. The molecule has 1 unspecified atom stereocenters. The van der Waals surface area contributed by atoms with Gasteiger partial charge in [-0.25, -0.2) is 0 Å². The Morgan fingerprint density at radius 1 is 1.21 bits per heavy atom. The number of hydrogen-bond donors (Lipinski definition) is 3. The zero-order valence-electron chi connectivity index (χ0n) is 17.9. The van der Waals surface area contributed by atoms with Crippen molar-refractivity contribution in [2.75, 3.05) is 19.6 Å². The highest BCUT2D eigenvalue weighted by molar-refractivity contribution is 14.0. The highest BCUT2D eigenvalue weighted by Crippen LogP contribution is 2.19. The summed E-state index contributed by atoms with van der Waals surface area (Å²) in [6.07, 6.45) is 0.247. The van der Waals surface area contributed by atoms with Crippen LogP contribution in [-0.4, -0.2) is 42.0 Å². The Morgan fingerprint density at radius 3 is 2.45 bits per heavy atom. The summed E-state index contributed by atoms with van der Waals surface area (Å²) in [6.45, 7) is 11.6. The lowest BCUT2D eigenvalue weighted by molar-refractivity contribution is 0.186. The summed E-state index contributed by atoms with van der Waals surface area (Å²) in [5, 5.41) is 20.9. The van der Waals surface area contributed by atoms with Gasteiger partial charge in [0.15, 0.2) is 5.96 Å². The SMILES string of the molecule is CCNC(=NCC(O)c1ccc(OC(C)C)cc1)NCCc1c(C)noc1C.I. The molecule has 0 fully saturated rings. The van der Waals surface area contributed by atoms with E-state index in [9.17, 15) is 5.11 Å². The molecule has 0 aliphatic rings. The van der Waals surface area contributed by atoms with Gasteiger partial charge in [-0.3, -0.25) is 4.99 Å². The second kappa shape index (κ2) is 12.7. The Labute approximate surface area is 190 Å². The van der Waals surface area contributed by atoms with Gasteiger partial charge >= 0.3 is 0 Å². The van der Waals surface area contributed by atoms with E-state index >= 15 is 0 Å². The lowest BCUT2D eigenvalue weighted by atomic mass is 10.1. The number of halogens is 1. The maximum atomic E-state index is 10.4. The van der Waals surface area contributed by atoms with Crippen LogP contribution in [-0.2, 0) is 6.42 Å². The van der Waals surface area contributed by atoms with E-state index in [1.807, 2.05) is 58.9 Å². The number of nitrogens with zero attached hydrogens (tertiary/aromatic N) is 2. The van der Waals surface area contributed by atoms with Crippen LogP contribution in [0.2, 0.25) is 0 Å². The number of nitrogens with one attached hydrogen (secondary N) is 2. The molecule has 0 saturated carbocycles. The second-order valence-electron chi connectivity index (χ2n) is 6.95. The van der Waals surface area contributed by atoms with Gasteiger partial charge in [0.25, 0.3) is 0 Å². The molecule has 0 bridgehead atoms. The zero-order chi connectivity index (χ0) is 20.5. The molecule has 1 heterocycles. The van der Waals surface area contributed by atoms with E-state index in [1.54, 1.807) is 0 Å². The van der Waals surface area contributed by atoms with Crippen molar-refractivity contribution in [3.8, 4) is 5.75 Å². The molecule has 0 amide bonds. The average Bonchev–Trinajstić information content (AvgIpc) is 2.98. The molecule has 0 spiro atoms. The van der Waals surface area contributed by atoms with Crippen LogP contribution in [0.5, 0.6) is 5.75 Å². The van der Waals surface area contributed by atoms with Crippen LogP contribution in [0, 0.1) is 13.8 Å². The summed E-state index contributed by atoms with van der Waals surface area (Å²) in [5.74, 6) is 2.32. The Hall–Kier alpha value is -1.81. The van der Waals surface area contributed by atoms with Crippen molar-refractivity contribution < 1.29 is 14.4 Å². The third-order valence-electron chi connectivity index (χ3n) is 4.25. The van der Waals surface area contributed by atoms with Gasteiger partial charge in [0, 0.05) is 18.7 Å². The van der Waals surface area contributed by atoms with Crippen molar-refractivity contribution in [1.29, 1.82) is 0 Å². The molecule has 0 aliphatic heterocycles. The van der Waals surface area contributed by atoms with E-state index in [1.165, 1.54) is 0 Å². The zero-order valence-corrected chi connectivity index (χ0v) is 20.2. The van der Waals surface area contributed by atoms with E-state index in [0.29, 0.717) is 12.5 Å². The van der Waals surface area contributed by atoms with Crippen molar-refractivity contribution in [2.24, 2.45) is 4.99 Å². The van der Waals surface area contributed by atoms with Crippen LogP contribution in [0.15, 0.2) is 33.8 Å². The number of aliphatic hydroxyl groups excluding tert-OH is 1. The van der Waals surface area contributed by atoms with Crippen molar-refractivity contribution >= 4 is 29.9 Å². The minimum Gasteiger partial charge on any atom is -0.491 e. The average molecular weight is 516 g/mol. The fourth-order valence-corrected chi connectivity index (χ4v) is 2.83. The molecule has 162 valence electrons. The fourth-order valence-electron chi connectivity index (χ4n) is 2.83. The lowest BCUT2D eigenvalue weighted by Crippen LogP contribution is -2.38. The van der Waals surface area contributed by atoms with Gasteiger partial charge in [-0.2, -0.15) is 0 Å². The largest absolute Gasteiger partial charge is 0.491 e. The number of aromatic nitrogens is 1. The van der Waals surface area contributed by atoms with Gasteiger partial charge in [-0.1, -0.05) is 17.3 Å². The molecule has 2 rings (SSSR count). The lowest BCUT2D eigenvalue weighted by Gasteiger charge is -2.14. The third kappa shape index (κ3) is 8.22. The van der Waals surface area contributed by atoms with Crippen LogP contribution in [0.4, 0.5) is 0 Å². The Bertz CT molecular complexity index is 740. The van der Waals surface area contributed by atoms with E-state index in [-0.39, 0.29) is 36.6 Å². The van der Waals surface area contributed by atoms with Gasteiger partial charge in [-0.15, -0.1) is 24.0 Å². The maximum Gasteiger partial charge on any atom is 0.191 e. The number of rotatable bonds is 9. The summed E-state index contributed by atoms with van der Waals surface area (Å²) >= 11 is 0. The van der Waals surface area contributed by atoms with E-state index in [0.717, 1.165) is 41.3 Å². The predicted octanol–water partition coefficient (Wildman–Crippen LogP) is 3.53. The quantitative estimate of drug-likeness (QED) is 0.269. The number of aryl methyl sites for hydroxylation is 2. The highest BCUT2D eigenvalue weighted by atomic mass is 127. The number of hydrogen-bond acceptors (Lipinski definition) is 5. The molecule has 29 heavy (non-hydrogen) atoms. The molecule has 3 N–H and O–H groups in total. The minimum absolute atomic E-state index is 0. The van der Waals surface area contributed by atoms with Crippen molar-refractivity contribution in [3.63, 3.8) is 0 Å². The second-order valence-corrected chi connectivity index (χ2v) is 6.95. The van der Waals surface area contributed by atoms with E-state index in [2.05, 4.69) is 20.8 Å². The smallest absolute Gasteiger partial charge is 0.191 e. The molecule has 0 saturated heterocycles. The van der Waals surface area contributed by atoms with Crippen LogP contribution in [0.1, 0.15) is 49.5 Å². The van der Waals surface area contributed by atoms with E-state index in [4.69, 9.17) is 9.26 Å². The molecule has 7 nitrogen and oxygen atoms in total. The van der Waals surface area contributed by atoms with Gasteiger partial charge in [-0.05, 0) is 58.7 Å². The molecule has 2 aromatic rings. The number of guanidine groups is 1. The summed E-state index contributed by atoms with van der Waals surface area (Å²) in [6, 6.07) is 7.48. The Balaban J connectivity index is 0.00000420. The molecule has 0 aliphatic carbocycles. The number of aliphatic imine (C=N–C) groups is 1. The molecule has 1 aromatic carbocycles. The van der Waals surface area contributed by atoms with Crippen molar-refractivity contribution in [3.05, 3.63) is 46.8 Å². The van der Waals surface area contributed by atoms with Crippen LogP contribution in [0.3, 0.4) is 0 Å².